The van der Waals surface area contributed by atoms with Crippen molar-refractivity contribution in [1.82, 2.24) is 5.32 Å². The molecule has 1 amide bonds. The molecular weight excluding hydrogens is 258 g/mol. The zero-order valence-electron chi connectivity index (χ0n) is 11.7. The van der Waals surface area contributed by atoms with Crippen LogP contribution in [0.2, 0.25) is 0 Å². The van der Waals surface area contributed by atoms with Crippen LogP contribution in [0.15, 0.2) is 29.4 Å². The summed E-state index contributed by atoms with van der Waals surface area (Å²) < 4.78 is 5.27. The number of nitrogens with one attached hydrogen (secondary N) is 1. The quantitative estimate of drug-likeness (QED) is 0.324. The molecule has 0 bridgehead atoms. The van der Waals surface area contributed by atoms with Gasteiger partial charge in [0.1, 0.15) is 5.75 Å². The molecule has 1 aromatic rings. The van der Waals surface area contributed by atoms with Gasteiger partial charge in [-0.05, 0) is 24.1 Å². The Morgan fingerprint density at radius 1 is 1.55 bits per heavy atom. The topological polar surface area (TPSA) is 113 Å². The number of methoxy groups -OCH3 is 1. The number of carbonyl (C=O) groups excluding carboxylic acids is 1. The lowest BCUT2D eigenvalue weighted by Gasteiger charge is -2.28. The lowest BCUT2D eigenvalue weighted by molar-refractivity contribution is -0.123. The van der Waals surface area contributed by atoms with Crippen LogP contribution in [0.3, 0.4) is 0 Å². The van der Waals surface area contributed by atoms with Gasteiger partial charge in [0, 0.05) is 24.4 Å². The zero-order valence-corrected chi connectivity index (χ0v) is 11.7. The van der Waals surface area contributed by atoms with Crippen LogP contribution in [0.25, 0.3) is 10.4 Å². The largest absolute Gasteiger partial charge is 0.496 e. The number of azide groups is 1. The molecule has 0 aromatic heterocycles. The number of hydrogen-bond acceptors (Lipinski definition) is 4. The summed E-state index contributed by atoms with van der Waals surface area (Å²) in [6.07, 6.45) is 0.391. The fraction of sp³-hybridized carbons (Fsp3) is 0.462. The van der Waals surface area contributed by atoms with E-state index in [4.69, 9.17) is 16.0 Å². The number of ether oxygens (including phenoxy) is 1. The minimum absolute atomic E-state index is 0.255. The van der Waals surface area contributed by atoms with Crippen LogP contribution < -0.4 is 15.8 Å². The fourth-order valence-electron chi connectivity index (χ4n) is 1.89. The SMILES string of the molecule is COc1ccccc1CC(C)(NCCN=[N+]=[N-])C(N)=O. The van der Waals surface area contributed by atoms with E-state index in [0.717, 1.165) is 5.56 Å². The zero-order chi connectivity index (χ0) is 15.0. The Balaban J connectivity index is 2.85. The lowest BCUT2D eigenvalue weighted by atomic mass is 9.91. The molecule has 0 aliphatic heterocycles. The fourth-order valence-corrected chi connectivity index (χ4v) is 1.89. The van der Waals surface area contributed by atoms with Crippen LogP contribution in [-0.2, 0) is 11.2 Å². The van der Waals surface area contributed by atoms with E-state index in [0.29, 0.717) is 18.7 Å². The summed E-state index contributed by atoms with van der Waals surface area (Å²) in [5.74, 6) is 0.237. The normalized spacial score (nSPS) is 13.1. The first kappa shape index (κ1) is 15.8. The highest BCUT2D eigenvalue weighted by Crippen LogP contribution is 2.22. The van der Waals surface area contributed by atoms with Crippen molar-refractivity contribution >= 4 is 5.91 Å². The molecule has 1 rings (SSSR count). The molecule has 1 atom stereocenters. The van der Waals surface area contributed by atoms with Crippen molar-refractivity contribution in [1.29, 1.82) is 0 Å². The average Bonchev–Trinajstić information content (AvgIpc) is 2.44. The molecule has 0 saturated carbocycles. The van der Waals surface area contributed by atoms with Gasteiger partial charge in [-0.15, -0.1) is 0 Å². The standard InChI is InChI=1S/C13H19N5O2/c1-13(12(14)19,16-7-8-17-18-15)9-10-5-3-4-6-11(10)20-2/h3-6,16H,7-9H2,1-2H3,(H2,14,19). The maximum Gasteiger partial charge on any atom is 0.237 e. The molecule has 1 unspecified atom stereocenters. The third-order valence-electron chi connectivity index (χ3n) is 3.07. The maximum atomic E-state index is 11.7. The highest BCUT2D eigenvalue weighted by atomic mass is 16.5. The van der Waals surface area contributed by atoms with Crippen molar-refractivity contribution in [2.24, 2.45) is 10.8 Å². The number of para-hydroxylation sites is 1. The Hall–Kier alpha value is -2.24. The van der Waals surface area contributed by atoms with Gasteiger partial charge in [-0.2, -0.15) is 0 Å². The van der Waals surface area contributed by atoms with E-state index in [1.807, 2.05) is 24.3 Å². The first-order chi connectivity index (χ1) is 9.53. The maximum absolute atomic E-state index is 11.7. The monoisotopic (exact) mass is 277 g/mol. The second kappa shape index (κ2) is 7.37. The van der Waals surface area contributed by atoms with E-state index in [9.17, 15) is 4.79 Å². The third-order valence-corrected chi connectivity index (χ3v) is 3.07. The number of amides is 1. The summed E-state index contributed by atoms with van der Waals surface area (Å²) in [4.78, 5) is 14.4. The third kappa shape index (κ3) is 4.15. The van der Waals surface area contributed by atoms with Gasteiger partial charge in [0.2, 0.25) is 5.91 Å². The van der Waals surface area contributed by atoms with Gasteiger partial charge in [0.25, 0.3) is 0 Å². The number of benzene rings is 1. The second-order valence-electron chi connectivity index (χ2n) is 4.57. The van der Waals surface area contributed by atoms with E-state index < -0.39 is 11.4 Å². The highest BCUT2D eigenvalue weighted by molar-refractivity contribution is 5.84. The molecule has 0 aliphatic carbocycles. The van der Waals surface area contributed by atoms with E-state index >= 15 is 0 Å². The highest BCUT2D eigenvalue weighted by Gasteiger charge is 2.31. The van der Waals surface area contributed by atoms with E-state index in [1.54, 1.807) is 14.0 Å². The molecule has 0 spiro atoms. The van der Waals surface area contributed by atoms with Crippen molar-refractivity contribution in [3.8, 4) is 5.75 Å². The lowest BCUT2D eigenvalue weighted by Crippen LogP contribution is -2.55. The number of rotatable bonds is 8. The van der Waals surface area contributed by atoms with Gasteiger partial charge in [0.15, 0.2) is 0 Å². The molecule has 1 aromatic carbocycles. The van der Waals surface area contributed by atoms with Crippen molar-refractivity contribution in [2.45, 2.75) is 18.9 Å². The Bertz CT molecular complexity index is 513. The number of hydrogen-bond donors (Lipinski definition) is 2. The number of nitrogens with zero attached hydrogens (tertiary/aromatic N) is 3. The summed E-state index contributed by atoms with van der Waals surface area (Å²) in [5, 5.41) is 6.45. The molecule has 0 aliphatic rings. The molecular formula is C13H19N5O2. The molecule has 0 heterocycles. The van der Waals surface area contributed by atoms with Crippen molar-refractivity contribution < 1.29 is 9.53 Å². The first-order valence-corrected chi connectivity index (χ1v) is 6.21. The van der Waals surface area contributed by atoms with Gasteiger partial charge in [-0.25, -0.2) is 0 Å². The summed E-state index contributed by atoms with van der Waals surface area (Å²) in [7, 11) is 1.58. The van der Waals surface area contributed by atoms with Crippen LogP contribution in [0, 0.1) is 0 Å². The van der Waals surface area contributed by atoms with Crippen LogP contribution in [0.4, 0.5) is 0 Å². The number of primary amides is 1. The van der Waals surface area contributed by atoms with E-state index in [-0.39, 0.29) is 6.54 Å². The van der Waals surface area contributed by atoms with Gasteiger partial charge in [0.05, 0.1) is 12.6 Å². The van der Waals surface area contributed by atoms with Crippen molar-refractivity contribution in [3.63, 3.8) is 0 Å². The molecule has 7 nitrogen and oxygen atoms in total. The Labute approximate surface area is 117 Å². The van der Waals surface area contributed by atoms with E-state index in [1.165, 1.54) is 0 Å². The molecule has 3 N–H and O–H groups in total. The predicted molar refractivity (Wildman–Crippen MR) is 76.3 cm³/mol. The van der Waals surface area contributed by atoms with E-state index in [2.05, 4.69) is 15.3 Å². The van der Waals surface area contributed by atoms with Crippen LogP contribution in [0.5, 0.6) is 5.75 Å². The minimum atomic E-state index is -0.931. The minimum Gasteiger partial charge on any atom is -0.496 e. The van der Waals surface area contributed by atoms with Gasteiger partial charge >= 0.3 is 0 Å². The molecule has 20 heavy (non-hydrogen) atoms. The second-order valence-corrected chi connectivity index (χ2v) is 4.57. The summed E-state index contributed by atoms with van der Waals surface area (Å²) in [6.45, 7) is 2.35. The smallest absolute Gasteiger partial charge is 0.237 e. The average molecular weight is 277 g/mol. The Kier molecular flexibility index (Phi) is 5.83. The van der Waals surface area contributed by atoms with Crippen molar-refractivity contribution in [3.05, 3.63) is 40.3 Å². The van der Waals surface area contributed by atoms with Gasteiger partial charge in [-0.1, -0.05) is 23.3 Å². The van der Waals surface area contributed by atoms with Crippen LogP contribution in [0.1, 0.15) is 12.5 Å². The summed E-state index contributed by atoms with van der Waals surface area (Å²) in [6, 6.07) is 7.45. The molecule has 108 valence electrons. The van der Waals surface area contributed by atoms with Crippen LogP contribution >= 0.6 is 0 Å². The molecule has 7 heteroatoms. The van der Waals surface area contributed by atoms with Crippen molar-refractivity contribution in [2.75, 3.05) is 20.2 Å². The summed E-state index contributed by atoms with van der Waals surface area (Å²) in [5.41, 5.74) is 13.7. The van der Waals surface area contributed by atoms with Gasteiger partial charge < -0.3 is 15.8 Å². The first-order valence-electron chi connectivity index (χ1n) is 6.21. The molecule has 0 radical (unpaired) electrons. The summed E-state index contributed by atoms with van der Waals surface area (Å²) >= 11 is 0. The number of nitrogens with two attached hydrogens (primary N) is 1. The molecule has 0 fully saturated rings. The Morgan fingerprint density at radius 2 is 2.25 bits per heavy atom. The Morgan fingerprint density at radius 3 is 2.85 bits per heavy atom. The van der Waals surface area contributed by atoms with Gasteiger partial charge in [-0.3, -0.25) is 4.79 Å². The van der Waals surface area contributed by atoms with Crippen LogP contribution in [-0.4, -0.2) is 31.6 Å². The predicted octanol–water partition coefficient (Wildman–Crippen LogP) is 1.38. The molecule has 0 saturated heterocycles. The number of carbonyl (C=O) groups is 1.